The Kier molecular flexibility index (Phi) is 5.29. The lowest BCUT2D eigenvalue weighted by Crippen LogP contribution is -2.61. The summed E-state index contributed by atoms with van der Waals surface area (Å²) in [6, 6.07) is 0. The molecule has 0 aromatic rings. The summed E-state index contributed by atoms with van der Waals surface area (Å²) in [5.41, 5.74) is 0. The number of esters is 1. The SMILES string of the molecule is COC(=O)C1O[C@H](OC)[C@H](OC)[C@@H](OC)[C@@H]1O. The van der Waals surface area contributed by atoms with E-state index in [0.29, 0.717) is 0 Å². The van der Waals surface area contributed by atoms with Gasteiger partial charge in [0.15, 0.2) is 12.4 Å². The molecule has 100 valence electrons. The summed E-state index contributed by atoms with van der Waals surface area (Å²) in [6.07, 6.45) is -4.49. The topological polar surface area (TPSA) is 83.5 Å². The number of ether oxygens (including phenoxy) is 5. The molecule has 0 bridgehead atoms. The van der Waals surface area contributed by atoms with Crippen molar-refractivity contribution in [2.75, 3.05) is 28.4 Å². The maximum absolute atomic E-state index is 11.4. The number of rotatable bonds is 4. The van der Waals surface area contributed by atoms with Crippen LogP contribution in [0.25, 0.3) is 0 Å². The van der Waals surface area contributed by atoms with Gasteiger partial charge in [-0.3, -0.25) is 0 Å². The van der Waals surface area contributed by atoms with Crippen molar-refractivity contribution in [1.82, 2.24) is 0 Å². The molecule has 1 saturated heterocycles. The van der Waals surface area contributed by atoms with Gasteiger partial charge in [0.2, 0.25) is 0 Å². The quantitative estimate of drug-likeness (QED) is 0.635. The Morgan fingerprint density at radius 3 is 2.06 bits per heavy atom. The third-order valence-electron chi connectivity index (χ3n) is 2.73. The van der Waals surface area contributed by atoms with Crippen LogP contribution < -0.4 is 0 Å². The fourth-order valence-electron chi connectivity index (χ4n) is 1.84. The van der Waals surface area contributed by atoms with Crippen LogP contribution >= 0.6 is 0 Å². The van der Waals surface area contributed by atoms with Crippen molar-refractivity contribution < 1.29 is 33.6 Å². The van der Waals surface area contributed by atoms with E-state index in [0.717, 1.165) is 0 Å². The van der Waals surface area contributed by atoms with E-state index in [4.69, 9.17) is 18.9 Å². The first-order chi connectivity index (χ1) is 8.10. The van der Waals surface area contributed by atoms with Crippen LogP contribution in [-0.2, 0) is 28.5 Å². The highest BCUT2D eigenvalue weighted by Gasteiger charge is 2.49. The monoisotopic (exact) mass is 250 g/mol. The lowest BCUT2D eigenvalue weighted by atomic mass is 9.98. The predicted molar refractivity (Wildman–Crippen MR) is 55.3 cm³/mol. The fraction of sp³-hybridized carbons (Fsp3) is 0.900. The van der Waals surface area contributed by atoms with E-state index in [-0.39, 0.29) is 0 Å². The van der Waals surface area contributed by atoms with Gasteiger partial charge in [-0.25, -0.2) is 4.79 Å². The van der Waals surface area contributed by atoms with E-state index in [1.54, 1.807) is 0 Å². The lowest BCUT2D eigenvalue weighted by Gasteiger charge is -2.41. The molecule has 7 heteroatoms. The molecule has 1 N–H and O–H groups in total. The predicted octanol–water partition coefficient (Wildman–Crippen LogP) is -1.08. The molecule has 0 saturated carbocycles. The summed E-state index contributed by atoms with van der Waals surface area (Å²) in [5, 5.41) is 9.96. The van der Waals surface area contributed by atoms with Gasteiger partial charge in [-0.05, 0) is 0 Å². The third-order valence-corrected chi connectivity index (χ3v) is 2.73. The second-order valence-electron chi connectivity index (χ2n) is 3.58. The number of aliphatic hydroxyl groups is 1. The Bertz CT molecular complexity index is 257. The Morgan fingerprint density at radius 2 is 1.65 bits per heavy atom. The second-order valence-corrected chi connectivity index (χ2v) is 3.58. The average molecular weight is 250 g/mol. The maximum atomic E-state index is 11.4. The highest BCUT2D eigenvalue weighted by molar-refractivity contribution is 5.75. The van der Waals surface area contributed by atoms with Crippen LogP contribution in [0.4, 0.5) is 0 Å². The zero-order valence-corrected chi connectivity index (χ0v) is 10.3. The van der Waals surface area contributed by atoms with Gasteiger partial charge in [-0.15, -0.1) is 0 Å². The van der Waals surface area contributed by atoms with E-state index in [2.05, 4.69) is 4.74 Å². The normalized spacial score (nSPS) is 37.8. The highest BCUT2D eigenvalue weighted by Crippen LogP contribution is 2.26. The first-order valence-corrected chi connectivity index (χ1v) is 5.10. The smallest absolute Gasteiger partial charge is 0.337 e. The molecule has 1 heterocycles. The molecular formula is C10H18O7. The molecule has 0 aromatic carbocycles. The van der Waals surface area contributed by atoms with Gasteiger partial charge in [-0.2, -0.15) is 0 Å². The fourth-order valence-corrected chi connectivity index (χ4v) is 1.84. The van der Waals surface area contributed by atoms with Gasteiger partial charge in [-0.1, -0.05) is 0 Å². The van der Waals surface area contributed by atoms with Crippen LogP contribution in [0.15, 0.2) is 0 Å². The number of carbonyl (C=O) groups is 1. The zero-order valence-electron chi connectivity index (χ0n) is 10.3. The first kappa shape index (κ1) is 14.3. The summed E-state index contributed by atoms with van der Waals surface area (Å²) in [4.78, 5) is 11.4. The summed E-state index contributed by atoms with van der Waals surface area (Å²) in [5.74, 6) is -0.684. The molecule has 1 aliphatic rings. The lowest BCUT2D eigenvalue weighted by molar-refractivity contribution is -0.296. The Morgan fingerprint density at radius 1 is 1.06 bits per heavy atom. The molecule has 0 radical (unpaired) electrons. The molecule has 0 aromatic heterocycles. The standard InChI is InChI=1S/C10H18O7/c1-13-6-5(11)7(9(12)15-3)17-10(16-4)8(6)14-2/h5-8,10-11H,1-4H3/t5-,6-,7?,8+,10-/m0/s1. The minimum Gasteiger partial charge on any atom is -0.467 e. The Labute approximate surface area is 99.5 Å². The summed E-state index contributed by atoms with van der Waals surface area (Å²) in [7, 11) is 5.48. The number of carbonyl (C=O) groups excluding carboxylic acids is 1. The van der Waals surface area contributed by atoms with Gasteiger partial charge < -0.3 is 28.8 Å². The first-order valence-electron chi connectivity index (χ1n) is 5.10. The van der Waals surface area contributed by atoms with Crippen molar-refractivity contribution >= 4 is 5.97 Å². The van der Waals surface area contributed by atoms with Crippen LogP contribution in [0, 0.1) is 0 Å². The largest absolute Gasteiger partial charge is 0.467 e. The number of methoxy groups -OCH3 is 4. The van der Waals surface area contributed by atoms with Crippen molar-refractivity contribution in [3.8, 4) is 0 Å². The molecule has 7 nitrogen and oxygen atoms in total. The summed E-state index contributed by atoms with van der Waals surface area (Å²) < 4.78 is 25.1. The van der Waals surface area contributed by atoms with Crippen molar-refractivity contribution in [1.29, 1.82) is 0 Å². The van der Waals surface area contributed by atoms with Crippen molar-refractivity contribution in [2.45, 2.75) is 30.7 Å². The Hall–Kier alpha value is -0.730. The molecule has 17 heavy (non-hydrogen) atoms. The van der Waals surface area contributed by atoms with Crippen LogP contribution in [0.1, 0.15) is 0 Å². The van der Waals surface area contributed by atoms with Gasteiger partial charge in [0, 0.05) is 21.3 Å². The van der Waals surface area contributed by atoms with Crippen LogP contribution in [0.2, 0.25) is 0 Å². The van der Waals surface area contributed by atoms with Crippen LogP contribution in [0.5, 0.6) is 0 Å². The van der Waals surface area contributed by atoms with Crippen LogP contribution in [0.3, 0.4) is 0 Å². The van der Waals surface area contributed by atoms with E-state index >= 15 is 0 Å². The molecule has 1 unspecified atom stereocenters. The second kappa shape index (κ2) is 6.27. The number of hydrogen-bond acceptors (Lipinski definition) is 7. The van der Waals surface area contributed by atoms with E-state index in [1.807, 2.05) is 0 Å². The average Bonchev–Trinajstić information content (AvgIpc) is 2.36. The minimum atomic E-state index is -1.18. The minimum absolute atomic E-state index is 0.624. The van der Waals surface area contributed by atoms with E-state index < -0.39 is 36.7 Å². The summed E-state index contributed by atoms with van der Waals surface area (Å²) >= 11 is 0. The molecule has 0 aliphatic carbocycles. The third kappa shape index (κ3) is 2.75. The highest BCUT2D eigenvalue weighted by atomic mass is 16.7. The molecule has 5 atom stereocenters. The van der Waals surface area contributed by atoms with E-state index in [9.17, 15) is 9.90 Å². The van der Waals surface area contributed by atoms with Gasteiger partial charge in [0.1, 0.15) is 18.3 Å². The van der Waals surface area contributed by atoms with Crippen LogP contribution in [-0.4, -0.2) is 70.2 Å². The summed E-state index contributed by atoms with van der Waals surface area (Å²) in [6.45, 7) is 0. The van der Waals surface area contributed by atoms with Gasteiger partial charge >= 0.3 is 5.97 Å². The van der Waals surface area contributed by atoms with Gasteiger partial charge in [0.05, 0.1) is 7.11 Å². The molecular weight excluding hydrogens is 232 g/mol. The molecule has 0 spiro atoms. The van der Waals surface area contributed by atoms with E-state index in [1.165, 1.54) is 28.4 Å². The van der Waals surface area contributed by atoms with Crippen molar-refractivity contribution in [3.63, 3.8) is 0 Å². The zero-order chi connectivity index (χ0) is 13.0. The van der Waals surface area contributed by atoms with Gasteiger partial charge in [0.25, 0.3) is 0 Å². The molecule has 0 amide bonds. The molecule has 1 rings (SSSR count). The Balaban J connectivity index is 2.89. The number of aliphatic hydroxyl groups excluding tert-OH is 1. The number of hydrogen-bond donors (Lipinski definition) is 1. The molecule has 1 fully saturated rings. The van der Waals surface area contributed by atoms with Crippen molar-refractivity contribution in [2.24, 2.45) is 0 Å². The maximum Gasteiger partial charge on any atom is 0.337 e. The molecule has 1 aliphatic heterocycles. The van der Waals surface area contributed by atoms with Crippen molar-refractivity contribution in [3.05, 3.63) is 0 Å².